The fraction of sp³-hybridized carbons (Fsp3) is 0.786. The molecule has 0 aromatic rings. The second-order valence-electron chi connectivity index (χ2n) is 6.05. The first-order valence-corrected chi connectivity index (χ1v) is 6.59. The van der Waals surface area contributed by atoms with Crippen molar-refractivity contribution in [2.45, 2.75) is 33.7 Å². The van der Waals surface area contributed by atoms with Crippen LogP contribution in [0.2, 0.25) is 0 Å². The van der Waals surface area contributed by atoms with Crippen molar-refractivity contribution in [2.75, 3.05) is 32.8 Å². The summed E-state index contributed by atoms with van der Waals surface area (Å²) < 4.78 is 5.28. The van der Waals surface area contributed by atoms with Crippen LogP contribution in [0.4, 0.5) is 0 Å². The van der Waals surface area contributed by atoms with Gasteiger partial charge in [0.05, 0.1) is 13.2 Å². The molecule has 0 radical (unpaired) electrons. The third-order valence-corrected chi connectivity index (χ3v) is 3.49. The van der Waals surface area contributed by atoms with Gasteiger partial charge in [-0.3, -0.25) is 9.69 Å². The number of carbonyl (C=O) groups is 1. The highest BCUT2D eigenvalue weighted by Crippen LogP contribution is 2.18. The molecular formula is C14H26N2O2. The lowest BCUT2D eigenvalue weighted by molar-refractivity contribution is -0.119. The zero-order chi connectivity index (χ0) is 13.8. The van der Waals surface area contributed by atoms with Crippen LogP contribution >= 0.6 is 0 Å². The Kier molecular flexibility index (Phi) is 5.35. The van der Waals surface area contributed by atoms with Crippen LogP contribution in [0.15, 0.2) is 12.2 Å². The highest BCUT2D eigenvalue weighted by atomic mass is 16.5. The van der Waals surface area contributed by atoms with E-state index in [1.165, 1.54) is 0 Å². The molecule has 0 aromatic carbocycles. The minimum absolute atomic E-state index is 0.0380. The maximum absolute atomic E-state index is 12.0. The van der Waals surface area contributed by atoms with Gasteiger partial charge >= 0.3 is 0 Å². The normalized spacial score (nSPS) is 19.3. The van der Waals surface area contributed by atoms with E-state index >= 15 is 0 Å². The highest BCUT2D eigenvalue weighted by Gasteiger charge is 2.23. The standard InChI is InChI=1S/C14H26N2O2/c1-11(10-16-6-8-18-9-7-16)13(17)15-12(2)14(3,4)5/h12H,1,6-10H2,2-5H3,(H,15,17). The van der Waals surface area contributed by atoms with Crippen LogP contribution in [0, 0.1) is 5.41 Å². The fourth-order valence-electron chi connectivity index (χ4n) is 1.62. The topological polar surface area (TPSA) is 41.6 Å². The maximum Gasteiger partial charge on any atom is 0.248 e. The average Bonchev–Trinajstić information content (AvgIpc) is 2.28. The first-order valence-electron chi connectivity index (χ1n) is 6.59. The summed E-state index contributed by atoms with van der Waals surface area (Å²) in [5.74, 6) is -0.0380. The third kappa shape index (κ3) is 4.78. The first-order chi connectivity index (χ1) is 8.30. The van der Waals surface area contributed by atoms with Crippen LogP contribution in [0.1, 0.15) is 27.7 Å². The molecule has 0 bridgehead atoms. The molecule has 0 saturated carbocycles. The predicted molar refractivity (Wildman–Crippen MR) is 73.5 cm³/mol. The number of morpholine rings is 1. The van der Waals surface area contributed by atoms with Crippen molar-refractivity contribution in [1.29, 1.82) is 0 Å². The molecule has 1 rings (SSSR count). The van der Waals surface area contributed by atoms with Crippen molar-refractivity contribution in [3.05, 3.63) is 12.2 Å². The van der Waals surface area contributed by atoms with E-state index in [1.807, 2.05) is 6.92 Å². The minimum Gasteiger partial charge on any atom is -0.379 e. The Morgan fingerprint density at radius 1 is 1.39 bits per heavy atom. The van der Waals surface area contributed by atoms with Crippen molar-refractivity contribution < 1.29 is 9.53 Å². The molecule has 1 saturated heterocycles. The molecule has 0 spiro atoms. The molecule has 1 atom stereocenters. The van der Waals surface area contributed by atoms with Gasteiger partial charge in [-0.15, -0.1) is 0 Å². The summed E-state index contributed by atoms with van der Waals surface area (Å²) in [6, 6.07) is 0.131. The molecule has 1 unspecified atom stereocenters. The summed E-state index contributed by atoms with van der Waals surface area (Å²) in [5.41, 5.74) is 0.697. The van der Waals surface area contributed by atoms with E-state index < -0.39 is 0 Å². The molecular weight excluding hydrogens is 228 g/mol. The van der Waals surface area contributed by atoms with Crippen molar-refractivity contribution in [1.82, 2.24) is 10.2 Å². The summed E-state index contributed by atoms with van der Waals surface area (Å²) in [6.07, 6.45) is 0. The van der Waals surface area contributed by atoms with Gasteiger partial charge in [-0.1, -0.05) is 27.4 Å². The Morgan fingerprint density at radius 2 is 1.94 bits per heavy atom. The van der Waals surface area contributed by atoms with Gasteiger partial charge in [0.15, 0.2) is 0 Å². The van der Waals surface area contributed by atoms with Crippen LogP contribution in [0.3, 0.4) is 0 Å². The summed E-state index contributed by atoms with van der Waals surface area (Å²) in [5, 5.41) is 3.01. The van der Waals surface area contributed by atoms with Crippen molar-refractivity contribution >= 4 is 5.91 Å². The van der Waals surface area contributed by atoms with Gasteiger partial charge in [-0.05, 0) is 12.3 Å². The molecule has 0 aliphatic carbocycles. The molecule has 1 N–H and O–H groups in total. The van der Waals surface area contributed by atoms with Crippen molar-refractivity contribution in [2.24, 2.45) is 5.41 Å². The van der Waals surface area contributed by atoms with Gasteiger partial charge in [-0.25, -0.2) is 0 Å². The zero-order valence-electron chi connectivity index (χ0n) is 12.1. The smallest absolute Gasteiger partial charge is 0.248 e. The first kappa shape index (κ1) is 15.2. The van der Waals surface area contributed by atoms with E-state index in [-0.39, 0.29) is 17.4 Å². The number of ether oxygens (including phenoxy) is 1. The van der Waals surface area contributed by atoms with Crippen molar-refractivity contribution in [3.8, 4) is 0 Å². The number of hydrogen-bond acceptors (Lipinski definition) is 3. The van der Waals surface area contributed by atoms with E-state index in [2.05, 4.69) is 37.6 Å². The lowest BCUT2D eigenvalue weighted by Crippen LogP contribution is -2.44. The van der Waals surface area contributed by atoms with Crippen molar-refractivity contribution in [3.63, 3.8) is 0 Å². The number of carbonyl (C=O) groups excluding carboxylic acids is 1. The minimum atomic E-state index is -0.0380. The van der Waals surface area contributed by atoms with Gasteiger partial charge in [-0.2, -0.15) is 0 Å². The van der Waals surface area contributed by atoms with Gasteiger partial charge in [0, 0.05) is 31.2 Å². The quantitative estimate of drug-likeness (QED) is 0.772. The fourth-order valence-corrected chi connectivity index (χ4v) is 1.62. The number of rotatable bonds is 4. The molecule has 0 aromatic heterocycles. The molecule has 18 heavy (non-hydrogen) atoms. The SMILES string of the molecule is C=C(CN1CCOCC1)C(=O)NC(C)C(C)(C)C. The van der Waals surface area contributed by atoms with E-state index in [0.29, 0.717) is 12.1 Å². The third-order valence-electron chi connectivity index (χ3n) is 3.49. The molecule has 104 valence electrons. The van der Waals surface area contributed by atoms with Crippen LogP contribution < -0.4 is 5.32 Å². The number of nitrogens with zero attached hydrogens (tertiary/aromatic N) is 1. The Hall–Kier alpha value is -0.870. The number of amides is 1. The molecule has 1 aliphatic heterocycles. The van der Waals surface area contributed by atoms with Gasteiger partial charge < -0.3 is 10.1 Å². The summed E-state index contributed by atoms with van der Waals surface area (Å²) >= 11 is 0. The van der Waals surface area contributed by atoms with Crippen LogP contribution in [0.25, 0.3) is 0 Å². The molecule has 1 fully saturated rings. The summed E-state index contributed by atoms with van der Waals surface area (Å²) in [6.45, 7) is 16.1. The number of nitrogens with one attached hydrogen (secondary N) is 1. The van der Waals surface area contributed by atoms with Gasteiger partial charge in [0.25, 0.3) is 0 Å². The second kappa shape index (κ2) is 6.34. The molecule has 1 heterocycles. The van der Waals surface area contributed by atoms with E-state index in [0.717, 1.165) is 26.3 Å². The number of hydrogen-bond donors (Lipinski definition) is 1. The summed E-state index contributed by atoms with van der Waals surface area (Å²) in [4.78, 5) is 14.2. The van der Waals surface area contributed by atoms with Gasteiger partial charge in [0.1, 0.15) is 0 Å². The Bertz CT molecular complexity index is 301. The highest BCUT2D eigenvalue weighted by molar-refractivity contribution is 5.93. The average molecular weight is 254 g/mol. The summed E-state index contributed by atoms with van der Waals surface area (Å²) in [7, 11) is 0. The molecule has 4 nitrogen and oxygen atoms in total. The maximum atomic E-state index is 12.0. The van der Waals surface area contributed by atoms with Crippen LogP contribution in [0.5, 0.6) is 0 Å². The Labute approximate surface area is 110 Å². The lowest BCUT2D eigenvalue weighted by atomic mass is 9.88. The second-order valence-corrected chi connectivity index (χ2v) is 6.05. The van der Waals surface area contributed by atoms with Crippen LogP contribution in [-0.2, 0) is 9.53 Å². The van der Waals surface area contributed by atoms with E-state index in [9.17, 15) is 4.79 Å². The van der Waals surface area contributed by atoms with Gasteiger partial charge in [0.2, 0.25) is 5.91 Å². The van der Waals surface area contributed by atoms with Crippen LogP contribution in [-0.4, -0.2) is 49.7 Å². The Balaban J connectivity index is 2.39. The lowest BCUT2D eigenvalue weighted by Gasteiger charge is -2.30. The molecule has 1 amide bonds. The zero-order valence-corrected chi connectivity index (χ0v) is 12.1. The Morgan fingerprint density at radius 3 is 2.44 bits per heavy atom. The molecule has 4 heteroatoms. The van der Waals surface area contributed by atoms with E-state index in [1.54, 1.807) is 0 Å². The molecule has 1 aliphatic rings. The van der Waals surface area contributed by atoms with E-state index in [4.69, 9.17) is 4.74 Å². The monoisotopic (exact) mass is 254 g/mol. The largest absolute Gasteiger partial charge is 0.379 e. The predicted octanol–water partition coefficient (Wildman–Crippen LogP) is 1.43.